The molecule has 2 fully saturated rings. The Morgan fingerprint density at radius 1 is 1.15 bits per heavy atom. The van der Waals surface area contributed by atoms with E-state index in [9.17, 15) is 17.6 Å². The van der Waals surface area contributed by atoms with Crippen LogP contribution >= 0.6 is 0 Å². The van der Waals surface area contributed by atoms with Gasteiger partial charge in [-0.15, -0.1) is 0 Å². The minimum atomic E-state index is -3.61. The average Bonchev–Trinajstić information content (AvgIpc) is 3.65. The normalized spacial score (nSPS) is 22.0. The molecule has 2 aromatic rings. The minimum absolute atomic E-state index is 0.104. The molecule has 9 heteroatoms. The molecule has 7 nitrogen and oxygen atoms in total. The molecule has 182 valence electrons. The van der Waals surface area contributed by atoms with E-state index in [4.69, 9.17) is 4.74 Å². The highest BCUT2D eigenvalue weighted by Gasteiger charge is 2.38. The Hall–Kier alpha value is -2.65. The molecular formula is C25H30FN3O4S. The van der Waals surface area contributed by atoms with E-state index < -0.39 is 21.2 Å². The standard InChI is InChI=1S/C25H30FN3O4S/c1-25(2)15-23(17-11-18(26)14-19(12-17)29-7-9-33-10-8-29)27-22-6-3-16(13-21(22)25)24(30)28-34(31,32)20-4-5-20/h3,6,11-14,20,23,27H,4-5,7-10,15H2,1-2H3,(H,28,30). The van der Waals surface area contributed by atoms with Gasteiger partial charge in [0.25, 0.3) is 5.91 Å². The van der Waals surface area contributed by atoms with Crippen molar-refractivity contribution in [3.63, 3.8) is 0 Å². The summed E-state index contributed by atoms with van der Waals surface area (Å²) < 4.78 is 46.6. The molecule has 3 aliphatic rings. The molecule has 1 saturated heterocycles. The number of fused-ring (bicyclic) bond motifs is 1. The monoisotopic (exact) mass is 487 g/mol. The van der Waals surface area contributed by atoms with Crippen LogP contribution in [0.1, 0.15) is 60.6 Å². The lowest BCUT2D eigenvalue weighted by Gasteiger charge is -2.39. The van der Waals surface area contributed by atoms with Crippen molar-refractivity contribution in [1.82, 2.24) is 4.72 Å². The molecule has 2 N–H and O–H groups in total. The molecule has 1 saturated carbocycles. The molecule has 34 heavy (non-hydrogen) atoms. The van der Waals surface area contributed by atoms with Gasteiger partial charge in [-0.3, -0.25) is 4.79 Å². The number of carbonyl (C=O) groups is 1. The summed E-state index contributed by atoms with van der Waals surface area (Å²) in [5.41, 5.74) is 3.52. The van der Waals surface area contributed by atoms with Crippen molar-refractivity contribution in [2.45, 2.75) is 49.8 Å². The van der Waals surface area contributed by atoms with E-state index >= 15 is 0 Å². The number of carbonyl (C=O) groups excluding carboxylic acids is 1. The van der Waals surface area contributed by atoms with E-state index in [1.54, 1.807) is 24.3 Å². The zero-order valence-corrected chi connectivity index (χ0v) is 20.3. The number of sulfonamides is 1. The molecule has 1 atom stereocenters. The van der Waals surface area contributed by atoms with Gasteiger partial charge in [0.05, 0.1) is 24.5 Å². The van der Waals surface area contributed by atoms with Crippen molar-refractivity contribution in [3.8, 4) is 0 Å². The fourth-order valence-electron chi connectivity index (χ4n) is 4.88. The molecule has 1 amide bonds. The number of nitrogens with one attached hydrogen (secondary N) is 2. The number of amides is 1. The van der Waals surface area contributed by atoms with Crippen molar-refractivity contribution < 1.29 is 22.3 Å². The molecule has 2 heterocycles. The van der Waals surface area contributed by atoms with Crippen LogP contribution in [0.3, 0.4) is 0 Å². The Kier molecular flexibility index (Phi) is 5.80. The predicted octanol–water partition coefficient (Wildman–Crippen LogP) is 3.72. The lowest BCUT2D eigenvalue weighted by Crippen LogP contribution is -2.36. The van der Waals surface area contributed by atoms with Crippen LogP contribution in [-0.2, 0) is 20.2 Å². The maximum Gasteiger partial charge on any atom is 0.264 e. The van der Waals surface area contributed by atoms with Crippen molar-refractivity contribution in [2.75, 3.05) is 36.5 Å². The van der Waals surface area contributed by atoms with Gasteiger partial charge in [0.1, 0.15) is 5.82 Å². The van der Waals surface area contributed by atoms with Crippen LogP contribution in [0, 0.1) is 5.82 Å². The molecular weight excluding hydrogens is 457 g/mol. The van der Waals surface area contributed by atoms with Gasteiger partial charge in [-0.1, -0.05) is 13.8 Å². The summed E-state index contributed by atoms with van der Waals surface area (Å²) in [4.78, 5) is 14.8. The smallest absolute Gasteiger partial charge is 0.264 e. The van der Waals surface area contributed by atoms with Gasteiger partial charge in [-0.05, 0) is 72.2 Å². The Balaban J connectivity index is 1.40. The highest BCUT2D eigenvalue weighted by atomic mass is 32.2. The summed E-state index contributed by atoms with van der Waals surface area (Å²) in [6.07, 6.45) is 1.88. The summed E-state index contributed by atoms with van der Waals surface area (Å²) in [6.45, 7) is 6.90. The number of benzene rings is 2. The fraction of sp³-hybridized carbons (Fsp3) is 0.480. The quantitative estimate of drug-likeness (QED) is 0.669. The van der Waals surface area contributed by atoms with Crippen LogP contribution in [0.2, 0.25) is 0 Å². The lowest BCUT2D eigenvalue weighted by atomic mass is 9.73. The first-order valence-corrected chi connectivity index (χ1v) is 13.3. The molecule has 1 unspecified atom stereocenters. The van der Waals surface area contributed by atoms with Gasteiger partial charge in [-0.25, -0.2) is 17.5 Å². The van der Waals surface area contributed by atoms with Gasteiger partial charge >= 0.3 is 0 Å². The van der Waals surface area contributed by atoms with Crippen molar-refractivity contribution in [2.24, 2.45) is 0 Å². The van der Waals surface area contributed by atoms with E-state index in [2.05, 4.69) is 28.8 Å². The fourth-order valence-corrected chi connectivity index (χ4v) is 6.18. The molecule has 2 aromatic carbocycles. The first-order valence-electron chi connectivity index (χ1n) is 11.7. The van der Waals surface area contributed by atoms with Crippen LogP contribution in [0.4, 0.5) is 15.8 Å². The van der Waals surface area contributed by atoms with Crippen LogP contribution in [0.5, 0.6) is 0 Å². The third-order valence-electron chi connectivity index (χ3n) is 6.94. The van der Waals surface area contributed by atoms with Gasteiger partial charge in [0, 0.05) is 30.0 Å². The zero-order chi connectivity index (χ0) is 24.1. The number of hydrogen-bond donors (Lipinski definition) is 2. The number of morpholine rings is 1. The molecule has 5 rings (SSSR count). The molecule has 0 bridgehead atoms. The third kappa shape index (κ3) is 4.63. The summed E-state index contributed by atoms with van der Waals surface area (Å²) in [7, 11) is -3.61. The van der Waals surface area contributed by atoms with Crippen LogP contribution < -0.4 is 14.9 Å². The summed E-state index contributed by atoms with van der Waals surface area (Å²) in [5, 5.41) is 3.05. The van der Waals surface area contributed by atoms with E-state index in [0.717, 1.165) is 35.6 Å². The second kappa shape index (κ2) is 8.53. The lowest BCUT2D eigenvalue weighted by molar-refractivity contribution is 0.0981. The number of rotatable bonds is 5. The zero-order valence-electron chi connectivity index (χ0n) is 19.4. The van der Waals surface area contributed by atoms with Gasteiger partial charge in [-0.2, -0.15) is 0 Å². The van der Waals surface area contributed by atoms with Crippen LogP contribution in [0.15, 0.2) is 36.4 Å². The Bertz CT molecular complexity index is 1220. The summed E-state index contributed by atoms with van der Waals surface area (Å²) in [6, 6.07) is 10.3. The maximum absolute atomic E-state index is 14.6. The largest absolute Gasteiger partial charge is 0.378 e. The Labute approximate surface area is 199 Å². The van der Waals surface area contributed by atoms with Crippen LogP contribution in [0.25, 0.3) is 0 Å². The highest BCUT2D eigenvalue weighted by molar-refractivity contribution is 7.91. The second-order valence-electron chi connectivity index (χ2n) is 10.1. The number of nitrogens with zero attached hydrogens (tertiary/aromatic N) is 1. The Morgan fingerprint density at radius 2 is 1.88 bits per heavy atom. The summed E-state index contributed by atoms with van der Waals surface area (Å²) in [5.74, 6) is -0.874. The van der Waals surface area contributed by atoms with E-state index in [1.165, 1.54) is 0 Å². The van der Waals surface area contributed by atoms with E-state index in [0.29, 0.717) is 38.0 Å². The highest BCUT2D eigenvalue weighted by Crippen LogP contribution is 2.45. The third-order valence-corrected chi connectivity index (χ3v) is 8.76. The molecule has 0 aromatic heterocycles. The minimum Gasteiger partial charge on any atom is -0.378 e. The van der Waals surface area contributed by atoms with Crippen molar-refractivity contribution >= 4 is 27.3 Å². The topological polar surface area (TPSA) is 87.7 Å². The second-order valence-corrected chi connectivity index (χ2v) is 12.0. The van der Waals surface area contributed by atoms with Crippen LogP contribution in [-0.4, -0.2) is 45.9 Å². The first-order chi connectivity index (χ1) is 16.1. The van der Waals surface area contributed by atoms with Crippen molar-refractivity contribution in [3.05, 3.63) is 58.9 Å². The molecule has 1 aliphatic carbocycles. The van der Waals surface area contributed by atoms with Crippen molar-refractivity contribution in [1.29, 1.82) is 0 Å². The SMILES string of the molecule is CC1(C)CC(c2cc(F)cc(N3CCOCC3)c2)Nc2ccc(C(=O)NS(=O)(=O)C3CC3)cc21. The number of hydrogen-bond acceptors (Lipinski definition) is 6. The average molecular weight is 488 g/mol. The molecule has 0 spiro atoms. The Morgan fingerprint density at radius 3 is 2.59 bits per heavy atom. The van der Waals surface area contributed by atoms with E-state index in [-0.39, 0.29) is 17.3 Å². The molecule has 0 radical (unpaired) electrons. The molecule has 2 aliphatic heterocycles. The van der Waals surface area contributed by atoms with Gasteiger partial charge < -0.3 is 15.0 Å². The number of anilines is 2. The first kappa shape index (κ1) is 23.1. The summed E-state index contributed by atoms with van der Waals surface area (Å²) >= 11 is 0. The maximum atomic E-state index is 14.6. The van der Waals surface area contributed by atoms with E-state index in [1.807, 2.05) is 12.1 Å². The number of halogens is 1. The van der Waals surface area contributed by atoms with Gasteiger partial charge in [0.2, 0.25) is 10.0 Å². The van der Waals surface area contributed by atoms with Gasteiger partial charge in [0.15, 0.2) is 0 Å². The predicted molar refractivity (Wildman–Crippen MR) is 129 cm³/mol. The number of ether oxygens (including phenoxy) is 1.